The number of ketones is 1. The van der Waals surface area contributed by atoms with E-state index in [9.17, 15) is 9.59 Å². The van der Waals surface area contributed by atoms with E-state index in [0.29, 0.717) is 17.5 Å². The third kappa shape index (κ3) is 5.89. The second-order valence-electron chi connectivity index (χ2n) is 4.98. The predicted octanol–water partition coefficient (Wildman–Crippen LogP) is 3.00. The van der Waals surface area contributed by atoms with Gasteiger partial charge >= 0.3 is 6.09 Å². The zero-order chi connectivity index (χ0) is 15.8. The fourth-order valence-corrected chi connectivity index (χ4v) is 2.63. The molecular weight excluding hydrogens is 300 g/mol. The van der Waals surface area contributed by atoms with Crippen molar-refractivity contribution in [1.29, 1.82) is 0 Å². The third-order valence-corrected chi connectivity index (χ3v) is 4.07. The number of aliphatic imine (C=N–C) groups is 1. The van der Waals surface area contributed by atoms with Crippen molar-refractivity contribution in [1.82, 2.24) is 5.32 Å². The molecule has 1 saturated carbocycles. The standard InChI is InChI=1S/C16H20N2O3S/c1-2-21-16(20)18-15(22-11-14(19)13-8-9-13)17-10-12-6-4-3-5-7-12/h3-7,13H,2,8-11H2,1H3,(H,17,18,20). The maximum Gasteiger partial charge on any atom is 0.435 e. The first-order valence-corrected chi connectivity index (χ1v) is 8.36. The lowest BCUT2D eigenvalue weighted by atomic mass is 10.2. The van der Waals surface area contributed by atoms with Crippen LogP contribution in [0.1, 0.15) is 25.3 Å². The highest BCUT2D eigenvalue weighted by atomic mass is 32.2. The summed E-state index contributed by atoms with van der Waals surface area (Å²) in [5, 5.41) is 3.53. The van der Waals surface area contributed by atoms with Crippen molar-refractivity contribution in [2.45, 2.75) is 26.3 Å². The van der Waals surface area contributed by atoms with Crippen LogP contribution < -0.4 is 5.32 Å². The van der Waals surface area contributed by atoms with Crippen LogP contribution in [0.5, 0.6) is 0 Å². The van der Waals surface area contributed by atoms with Gasteiger partial charge in [-0.25, -0.2) is 4.79 Å². The van der Waals surface area contributed by atoms with Gasteiger partial charge in [0.15, 0.2) is 5.17 Å². The van der Waals surface area contributed by atoms with E-state index in [0.717, 1.165) is 18.4 Å². The molecule has 0 aliphatic heterocycles. The fourth-order valence-electron chi connectivity index (χ4n) is 1.80. The van der Waals surface area contributed by atoms with Crippen molar-refractivity contribution >= 4 is 28.8 Å². The van der Waals surface area contributed by atoms with Crippen molar-refractivity contribution in [3.05, 3.63) is 35.9 Å². The van der Waals surface area contributed by atoms with E-state index < -0.39 is 6.09 Å². The first kappa shape index (κ1) is 16.5. The monoisotopic (exact) mass is 320 g/mol. The number of thioether (sulfide) groups is 1. The van der Waals surface area contributed by atoms with Crippen molar-refractivity contribution < 1.29 is 14.3 Å². The van der Waals surface area contributed by atoms with Gasteiger partial charge in [0, 0.05) is 12.5 Å². The third-order valence-electron chi connectivity index (χ3n) is 3.13. The Bertz CT molecular complexity index is 542. The van der Waals surface area contributed by atoms with Crippen molar-refractivity contribution in [3.8, 4) is 0 Å². The van der Waals surface area contributed by atoms with Crippen LogP contribution in [-0.2, 0) is 16.1 Å². The molecule has 1 fully saturated rings. The number of carbonyl (C=O) groups excluding carboxylic acids is 2. The summed E-state index contributed by atoms with van der Waals surface area (Å²) < 4.78 is 4.83. The fraction of sp³-hybridized carbons (Fsp3) is 0.438. The molecule has 0 heterocycles. The molecule has 2 rings (SSSR count). The number of hydrogen-bond acceptors (Lipinski definition) is 4. The van der Waals surface area contributed by atoms with Crippen LogP contribution in [0.2, 0.25) is 0 Å². The molecule has 0 unspecified atom stereocenters. The van der Waals surface area contributed by atoms with Gasteiger partial charge in [0.2, 0.25) is 0 Å². The minimum absolute atomic E-state index is 0.213. The van der Waals surface area contributed by atoms with E-state index in [-0.39, 0.29) is 18.3 Å². The molecule has 0 atom stereocenters. The molecule has 1 aromatic carbocycles. The van der Waals surface area contributed by atoms with E-state index in [1.807, 2.05) is 30.3 Å². The molecular formula is C16H20N2O3S. The molecule has 0 aromatic heterocycles. The Morgan fingerprint density at radius 3 is 2.68 bits per heavy atom. The minimum atomic E-state index is -0.635. The molecule has 1 N–H and O–H groups in total. The second-order valence-corrected chi connectivity index (χ2v) is 5.95. The molecule has 0 spiro atoms. The van der Waals surface area contributed by atoms with Crippen LogP contribution in [0.3, 0.4) is 0 Å². The van der Waals surface area contributed by atoms with Gasteiger partial charge in [-0.1, -0.05) is 42.1 Å². The largest absolute Gasteiger partial charge is 0.448 e. The van der Waals surface area contributed by atoms with Crippen LogP contribution in [0.15, 0.2) is 35.3 Å². The van der Waals surface area contributed by atoms with Crippen molar-refractivity contribution in [2.75, 3.05) is 12.4 Å². The molecule has 1 aromatic rings. The summed E-state index contributed by atoms with van der Waals surface area (Å²) in [4.78, 5) is 27.2. The number of rotatable bonds is 6. The lowest BCUT2D eigenvalue weighted by Crippen LogP contribution is -2.23. The Hall–Kier alpha value is -1.82. The van der Waals surface area contributed by atoms with Crippen LogP contribution in [0, 0.1) is 5.92 Å². The average molecular weight is 320 g/mol. The van der Waals surface area contributed by atoms with Gasteiger partial charge in [-0.3, -0.25) is 4.79 Å². The zero-order valence-corrected chi connectivity index (χ0v) is 13.4. The Labute approximate surface area is 134 Å². The maximum absolute atomic E-state index is 11.8. The number of nitrogens with one attached hydrogen (secondary N) is 1. The van der Waals surface area contributed by atoms with Gasteiger partial charge < -0.3 is 10.1 Å². The summed E-state index contributed by atoms with van der Waals surface area (Å²) in [5.41, 5.74) is 1.08. The van der Waals surface area contributed by atoms with Crippen LogP contribution in [0.25, 0.3) is 0 Å². The Balaban J connectivity index is 1.90. The van der Waals surface area contributed by atoms with Gasteiger partial charge in [0.1, 0.15) is 5.78 Å². The van der Waals surface area contributed by atoms with Crippen LogP contribution in [0.4, 0.5) is 4.79 Å². The van der Waals surface area contributed by atoms with Gasteiger partial charge in [-0.2, -0.15) is 4.99 Å². The molecule has 1 amide bonds. The smallest absolute Gasteiger partial charge is 0.435 e. The van der Waals surface area contributed by atoms with E-state index in [1.165, 1.54) is 11.8 Å². The van der Waals surface area contributed by atoms with E-state index in [2.05, 4.69) is 10.3 Å². The molecule has 0 bridgehead atoms. The first-order chi connectivity index (χ1) is 10.7. The number of amides is 1. The van der Waals surface area contributed by atoms with Crippen molar-refractivity contribution in [2.24, 2.45) is 10.9 Å². The molecule has 6 heteroatoms. The van der Waals surface area contributed by atoms with E-state index in [1.54, 1.807) is 6.92 Å². The van der Waals surface area contributed by atoms with Crippen molar-refractivity contribution in [3.63, 3.8) is 0 Å². The Morgan fingerprint density at radius 1 is 1.32 bits per heavy atom. The summed E-state index contributed by atoms with van der Waals surface area (Å²) in [5.74, 6) is 0.776. The van der Waals surface area contributed by atoms with Gasteiger partial charge in [0.05, 0.1) is 12.4 Å². The van der Waals surface area contributed by atoms with Gasteiger partial charge in [0.25, 0.3) is 0 Å². The molecule has 0 saturated heterocycles. The molecule has 5 nitrogen and oxygen atoms in total. The number of carbonyl (C=O) groups is 2. The number of amidine groups is 1. The van der Waals surface area contributed by atoms with E-state index in [4.69, 9.17) is 4.74 Å². The molecule has 22 heavy (non-hydrogen) atoms. The highest BCUT2D eigenvalue weighted by Gasteiger charge is 2.29. The highest BCUT2D eigenvalue weighted by Crippen LogP contribution is 2.30. The average Bonchev–Trinajstić information content (AvgIpc) is 3.36. The minimum Gasteiger partial charge on any atom is -0.448 e. The number of Topliss-reactive ketones (excluding diaryl/α,β-unsaturated/α-hetero) is 1. The van der Waals surface area contributed by atoms with Crippen LogP contribution in [-0.4, -0.2) is 29.4 Å². The molecule has 0 radical (unpaired) electrons. The summed E-state index contributed by atoms with van der Waals surface area (Å²) in [7, 11) is 0. The van der Waals surface area contributed by atoms with Crippen LogP contribution >= 0.6 is 11.8 Å². The zero-order valence-electron chi connectivity index (χ0n) is 12.6. The molecule has 1 aliphatic rings. The number of nitrogens with zero attached hydrogens (tertiary/aromatic N) is 1. The molecule has 118 valence electrons. The molecule has 1 aliphatic carbocycles. The Kier molecular flexibility index (Phi) is 6.45. The SMILES string of the molecule is CCOC(=O)/N=C(/NCc1ccccc1)SCC(=O)C1CC1. The van der Waals surface area contributed by atoms with Gasteiger partial charge in [-0.05, 0) is 25.3 Å². The quantitative estimate of drug-likeness (QED) is 0.644. The first-order valence-electron chi connectivity index (χ1n) is 7.37. The lowest BCUT2D eigenvalue weighted by molar-refractivity contribution is -0.117. The number of ether oxygens (including phenoxy) is 1. The maximum atomic E-state index is 11.8. The number of hydrogen-bond donors (Lipinski definition) is 1. The summed E-state index contributed by atoms with van der Waals surface area (Å²) in [6, 6.07) is 9.80. The summed E-state index contributed by atoms with van der Waals surface area (Å²) in [6.45, 7) is 2.55. The summed E-state index contributed by atoms with van der Waals surface area (Å²) >= 11 is 1.26. The topological polar surface area (TPSA) is 67.8 Å². The predicted molar refractivity (Wildman–Crippen MR) is 87.9 cm³/mol. The highest BCUT2D eigenvalue weighted by molar-refractivity contribution is 8.14. The Morgan fingerprint density at radius 2 is 2.05 bits per heavy atom. The summed E-state index contributed by atoms with van der Waals surface area (Å²) in [6.07, 6.45) is 1.34. The second kappa shape index (κ2) is 8.58. The van der Waals surface area contributed by atoms with E-state index >= 15 is 0 Å². The normalized spacial score (nSPS) is 14.5. The number of benzene rings is 1. The lowest BCUT2D eigenvalue weighted by Gasteiger charge is -2.09. The van der Waals surface area contributed by atoms with Gasteiger partial charge in [-0.15, -0.1) is 0 Å².